The summed E-state index contributed by atoms with van der Waals surface area (Å²) in [4.78, 5) is 59.5. The van der Waals surface area contributed by atoms with E-state index in [9.17, 15) is 19.5 Å². The predicted octanol–water partition coefficient (Wildman–Crippen LogP) is 5.71. The van der Waals surface area contributed by atoms with Crippen LogP contribution < -0.4 is 10.2 Å². The highest BCUT2D eigenvalue weighted by Gasteiger charge is 2.77. The molecule has 2 N–H and O–H groups in total. The molecule has 8 atom stereocenters. The average Bonchev–Trinajstić information content (AvgIpc) is 3.76. The number of anilines is 1. The number of nitrogens with zero attached hydrogens (tertiary/aromatic N) is 2. The van der Waals surface area contributed by atoms with Crippen LogP contribution in [0.2, 0.25) is 5.02 Å². The van der Waals surface area contributed by atoms with Crippen molar-refractivity contribution in [2.24, 2.45) is 11.8 Å². The number of allylic oxidation sites excluding steroid dienone is 1. The number of ether oxygens (including phenoxy) is 2. The minimum absolute atomic E-state index is 0.0108. The maximum atomic E-state index is 15.0. The smallest absolute Gasteiger partial charge is 0.313 e. The minimum atomic E-state index is -1.44. The van der Waals surface area contributed by atoms with Crippen LogP contribution in [0.1, 0.15) is 42.5 Å². The Labute approximate surface area is 316 Å². The zero-order valence-corrected chi connectivity index (χ0v) is 30.8. The summed E-state index contributed by atoms with van der Waals surface area (Å²) < 4.78 is 12.9. The summed E-state index contributed by atoms with van der Waals surface area (Å²) in [5.74, 6) is -4.03. The van der Waals surface area contributed by atoms with Crippen LogP contribution in [0.4, 0.5) is 5.69 Å². The fourth-order valence-corrected chi connectivity index (χ4v) is 8.91. The van der Waals surface area contributed by atoms with Crippen molar-refractivity contribution in [1.29, 1.82) is 0 Å². The summed E-state index contributed by atoms with van der Waals surface area (Å²) in [5.41, 5.74) is 0.372. The molecule has 0 saturated carbocycles. The summed E-state index contributed by atoms with van der Waals surface area (Å²) in [6, 6.07) is 22.6. The van der Waals surface area contributed by atoms with Crippen LogP contribution in [-0.2, 0) is 28.7 Å². The number of halogens is 2. The largest absolute Gasteiger partial charge is 0.455 e. The van der Waals surface area contributed by atoms with Crippen molar-refractivity contribution in [3.63, 3.8) is 0 Å². The van der Waals surface area contributed by atoms with E-state index in [0.29, 0.717) is 28.3 Å². The Morgan fingerprint density at radius 2 is 1.69 bits per heavy atom. The van der Waals surface area contributed by atoms with Gasteiger partial charge in [-0.3, -0.25) is 19.2 Å². The van der Waals surface area contributed by atoms with Gasteiger partial charge in [-0.1, -0.05) is 100 Å². The van der Waals surface area contributed by atoms with Gasteiger partial charge in [-0.2, -0.15) is 0 Å². The highest BCUT2D eigenvalue weighted by atomic mass is 79.9. The third-order valence-electron chi connectivity index (χ3n) is 10.1. The lowest BCUT2D eigenvalue weighted by Gasteiger charge is -2.39. The standard InChI is InChI=1S/C40H41BrClN3O7/c1-3-5-16-32(47)43-23-31(26-14-10-7-11-15-26)51-39(50)33-34-37(48)45(30(24-46)25-12-8-6-9-13-25)36(40(34)22-29(41)35(33)52-40)38(49)44(21-4-2)28-19-17-27(42)18-20-28/h3-4,6-15,17-20,29-31,33-36,46H,1-2,5,16,21-24H2,(H,43,47)/t29?,30-,31+,33+,34-,35+,36+,40-/m1/s1. The number of aliphatic hydroxyl groups is 1. The Morgan fingerprint density at radius 1 is 1.04 bits per heavy atom. The van der Waals surface area contributed by atoms with E-state index in [0.717, 1.165) is 0 Å². The van der Waals surface area contributed by atoms with Crippen molar-refractivity contribution in [1.82, 2.24) is 10.2 Å². The summed E-state index contributed by atoms with van der Waals surface area (Å²) >= 11 is 9.91. The summed E-state index contributed by atoms with van der Waals surface area (Å²) in [6.07, 6.45) is 2.58. The number of benzene rings is 3. The van der Waals surface area contributed by atoms with Gasteiger partial charge in [-0.05, 0) is 48.2 Å². The normalized spacial score (nSPS) is 25.6. The van der Waals surface area contributed by atoms with E-state index in [1.807, 2.05) is 24.3 Å². The van der Waals surface area contributed by atoms with E-state index >= 15 is 4.79 Å². The Hall–Kier alpha value is -4.29. The topological polar surface area (TPSA) is 125 Å². The van der Waals surface area contributed by atoms with Gasteiger partial charge in [0.25, 0.3) is 5.91 Å². The maximum Gasteiger partial charge on any atom is 0.313 e. The first-order valence-corrected chi connectivity index (χ1v) is 18.5. The molecule has 52 heavy (non-hydrogen) atoms. The number of amides is 3. The molecule has 3 aliphatic heterocycles. The van der Waals surface area contributed by atoms with Crippen molar-refractivity contribution in [3.05, 3.63) is 126 Å². The first kappa shape index (κ1) is 37.5. The molecule has 3 aromatic carbocycles. The van der Waals surface area contributed by atoms with Crippen molar-refractivity contribution < 1.29 is 33.8 Å². The van der Waals surface area contributed by atoms with Gasteiger partial charge in [0.2, 0.25) is 11.8 Å². The quantitative estimate of drug-likeness (QED) is 0.115. The Balaban J connectivity index is 1.40. The van der Waals surface area contributed by atoms with Crippen LogP contribution >= 0.6 is 27.5 Å². The number of carbonyl (C=O) groups excluding carboxylic acids is 4. The second kappa shape index (κ2) is 16.2. The molecule has 1 unspecified atom stereocenters. The number of hydrogen-bond acceptors (Lipinski definition) is 7. The number of fused-ring (bicyclic) bond motifs is 1. The SMILES string of the molecule is C=CCCC(=O)NC[C@H](OC(=O)[C@@H]1[C@H]2O[C@@]3(CC2Br)[C@H](C(=O)N(CC=C)c2ccc(Cl)cc2)N([C@H](CO)c2ccccc2)C(=O)[C@@H]13)c1ccccc1. The predicted molar refractivity (Wildman–Crippen MR) is 201 cm³/mol. The molecule has 3 heterocycles. The van der Waals surface area contributed by atoms with Crippen molar-refractivity contribution in [3.8, 4) is 0 Å². The number of rotatable bonds is 15. The molecule has 6 rings (SSSR count). The van der Waals surface area contributed by atoms with Crippen LogP contribution in [0.15, 0.2) is 110 Å². The van der Waals surface area contributed by atoms with Crippen LogP contribution in [0.3, 0.4) is 0 Å². The fourth-order valence-electron chi connectivity index (χ4n) is 7.84. The van der Waals surface area contributed by atoms with Gasteiger partial charge in [0.1, 0.15) is 17.7 Å². The number of alkyl halides is 1. The first-order chi connectivity index (χ1) is 25.1. The minimum Gasteiger partial charge on any atom is -0.455 e. The summed E-state index contributed by atoms with van der Waals surface area (Å²) in [7, 11) is 0. The zero-order chi connectivity index (χ0) is 37.0. The van der Waals surface area contributed by atoms with E-state index < -0.39 is 70.9 Å². The average molecular weight is 791 g/mol. The lowest BCUT2D eigenvalue weighted by Crippen LogP contribution is -2.57. The molecule has 0 radical (unpaired) electrons. The molecule has 2 bridgehead atoms. The van der Waals surface area contributed by atoms with Crippen LogP contribution in [0.25, 0.3) is 0 Å². The molecule has 3 saturated heterocycles. The molecular formula is C40H41BrClN3O7. The maximum absolute atomic E-state index is 15.0. The van der Waals surface area contributed by atoms with Gasteiger partial charge in [-0.25, -0.2) is 0 Å². The fraction of sp³-hybridized carbons (Fsp3) is 0.350. The Morgan fingerprint density at radius 3 is 2.31 bits per heavy atom. The number of nitrogens with one attached hydrogen (secondary N) is 1. The van der Waals surface area contributed by atoms with E-state index in [4.69, 9.17) is 21.1 Å². The molecular weight excluding hydrogens is 750 g/mol. The van der Waals surface area contributed by atoms with Crippen LogP contribution in [0, 0.1) is 11.8 Å². The molecule has 3 amide bonds. The van der Waals surface area contributed by atoms with Crippen molar-refractivity contribution >= 4 is 56.9 Å². The number of aliphatic hydroxyl groups excluding tert-OH is 1. The molecule has 3 fully saturated rings. The molecule has 3 aromatic rings. The molecule has 0 aromatic heterocycles. The number of likely N-dealkylation sites (tertiary alicyclic amines) is 1. The van der Waals surface area contributed by atoms with E-state index in [-0.39, 0.29) is 31.8 Å². The van der Waals surface area contributed by atoms with E-state index in [1.54, 1.807) is 72.8 Å². The lowest BCUT2D eigenvalue weighted by molar-refractivity contribution is -0.160. The number of hydrogen-bond donors (Lipinski definition) is 2. The van der Waals surface area contributed by atoms with E-state index in [1.165, 1.54) is 9.80 Å². The zero-order valence-electron chi connectivity index (χ0n) is 28.5. The van der Waals surface area contributed by atoms with Gasteiger partial charge in [0, 0.05) is 28.5 Å². The van der Waals surface area contributed by atoms with Crippen LogP contribution in [-0.4, -0.2) is 76.0 Å². The molecule has 1 spiro atoms. The van der Waals surface area contributed by atoms with Gasteiger partial charge in [0.05, 0.1) is 37.1 Å². The summed E-state index contributed by atoms with van der Waals surface area (Å²) in [6.45, 7) is 7.17. The lowest BCUT2D eigenvalue weighted by atomic mass is 9.70. The van der Waals surface area contributed by atoms with Gasteiger partial charge < -0.3 is 29.7 Å². The highest BCUT2D eigenvalue weighted by molar-refractivity contribution is 9.09. The van der Waals surface area contributed by atoms with Gasteiger partial charge >= 0.3 is 5.97 Å². The highest BCUT2D eigenvalue weighted by Crippen LogP contribution is 2.61. The second-order valence-electron chi connectivity index (χ2n) is 13.2. The third-order valence-corrected chi connectivity index (χ3v) is 11.2. The first-order valence-electron chi connectivity index (χ1n) is 17.3. The molecule has 3 aliphatic rings. The van der Waals surface area contributed by atoms with E-state index in [2.05, 4.69) is 34.4 Å². The molecule has 10 nitrogen and oxygen atoms in total. The molecule has 272 valence electrons. The Kier molecular flexibility index (Phi) is 11.6. The number of carbonyl (C=O) groups is 4. The van der Waals surface area contributed by atoms with Crippen molar-refractivity contribution in [2.45, 2.75) is 54.0 Å². The monoisotopic (exact) mass is 789 g/mol. The number of esters is 1. The summed E-state index contributed by atoms with van der Waals surface area (Å²) in [5, 5.41) is 14.2. The third kappa shape index (κ3) is 7.07. The molecule has 12 heteroatoms. The van der Waals surface area contributed by atoms with Gasteiger partial charge in [-0.15, -0.1) is 13.2 Å². The Bertz CT molecular complexity index is 1800. The van der Waals surface area contributed by atoms with Crippen molar-refractivity contribution in [2.75, 3.05) is 24.6 Å². The molecule has 0 aliphatic carbocycles. The van der Waals surface area contributed by atoms with Gasteiger partial charge in [0.15, 0.2) is 0 Å². The second-order valence-corrected chi connectivity index (χ2v) is 14.8. The van der Waals surface area contributed by atoms with Crippen LogP contribution in [0.5, 0.6) is 0 Å².